The van der Waals surface area contributed by atoms with E-state index < -0.39 is 23.0 Å². The Balaban J connectivity index is 1.95. The summed E-state index contributed by atoms with van der Waals surface area (Å²) in [6.45, 7) is 0.377. The molecule has 1 aliphatic rings. The van der Waals surface area contributed by atoms with Crippen molar-refractivity contribution in [2.45, 2.75) is 24.7 Å². The number of carbonyl (C=O) groups is 1. The van der Waals surface area contributed by atoms with Crippen LogP contribution in [0.3, 0.4) is 0 Å². The first-order valence-corrected chi connectivity index (χ1v) is 12.1. The molecule has 0 saturated heterocycles. The van der Waals surface area contributed by atoms with Gasteiger partial charge in [-0.15, -0.1) is 0 Å². The average Bonchev–Trinajstić information content (AvgIpc) is 3.16. The summed E-state index contributed by atoms with van der Waals surface area (Å²) in [5, 5.41) is 31.9. The van der Waals surface area contributed by atoms with Crippen LogP contribution in [0.4, 0.5) is 4.39 Å². The highest BCUT2D eigenvalue weighted by atomic mass is 35.5. The molecule has 0 spiro atoms. The summed E-state index contributed by atoms with van der Waals surface area (Å²) in [6.07, 6.45) is 2.53. The number of fused-ring (bicyclic) bond motifs is 1. The number of aromatic carboxylic acids is 1. The molecular weight excluding hydrogens is 501 g/mol. The molecule has 1 fully saturated rings. The maximum Gasteiger partial charge on any atom is 0.339 e. The zero-order valence-corrected chi connectivity index (χ0v) is 21.0. The quantitative estimate of drug-likeness (QED) is 0.263. The largest absolute Gasteiger partial charge is 0.507 e. The number of hydrogen-bond acceptors (Lipinski definition) is 5. The first-order chi connectivity index (χ1) is 17.7. The first kappa shape index (κ1) is 24.9. The molecule has 1 saturated carbocycles. The van der Waals surface area contributed by atoms with Crippen LogP contribution < -0.4 is 4.74 Å². The summed E-state index contributed by atoms with van der Waals surface area (Å²) in [4.78, 5) is 11.5. The molecule has 1 heterocycles. The molecule has 0 bridgehead atoms. The number of nitrogens with zero attached hydrogens (tertiary/aromatic N) is 1. The lowest BCUT2D eigenvalue weighted by molar-refractivity contribution is 0.0693. The number of hydrogen-bond donors (Lipinski definition) is 3. The van der Waals surface area contributed by atoms with Gasteiger partial charge in [0, 0.05) is 40.6 Å². The van der Waals surface area contributed by atoms with E-state index >= 15 is 0 Å². The zero-order chi connectivity index (χ0) is 26.5. The maximum absolute atomic E-state index is 14.4. The normalized spacial score (nSPS) is 14.5. The highest BCUT2D eigenvalue weighted by Gasteiger charge is 2.45. The Labute approximate surface area is 217 Å². The number of rotatable bonds is 7. The molecule has 0 radical (unpaired) electrons. The first-order valence-electron chi connectivity index (χ1n) is 11.7. The van der Waals surface area contributed by atoms with Crippen LogP contribution >= 0.6 is 11.6 Å². The number of aromatic nitrogens is 1. The predicted molar refractivity (Wildman–Crippen MR) is 138 cm³/mol. The van der Waals surface area contributed by atoms with E-state index in [9.17, 15) is 24.5 Å². The fourth-order valence-electron chi connectivity index (χ4n) is 5.40. The number of phenolic OH excluding ortho intramolecular Hbond substituents is 1. The third-order valence-corrected chi connectivity index (χ3v) is 7.37. The van der Waals surface area contributed by atoms with Gasteiger partial charge in [0.2, 0.25) is 0 Å². The number of benzene rings is 3. The molecule has 0 amide bonds. The molecule has 192 valence electrons. The number of carboxylic acids is 1. The van der Waals surface area contributed by atoms with Crippen molar-refractivity contribution < 1.29 is 34.0 Å². The van der Waals surface area contributed by atoms with Crippen LogP contribution in [0.25, 0.3) is 27.7 Å². The van der Waals surface area contributed by atoms with Gasteiger partial charge < -0.3 is 29.4 Å². The van der Waals surface area contributed by atoms with Gasteiger partial charge in [0.05, 0.1) is 24.6 Å². The fraction of sp³-hybridized carbons (Fsp3) is 0.250. The molecule has 5 rings (SSSR count). The van der Waals surface area contributed by atoms with Gasteiger partial charge >= 0.3 is 5.97 Å². The van der Waals surface area contributed by atoms with E-state index in [-0.39, 0.29) is 17.1 Å². The second kappa shape index (κ2) is 9.28. The molecule has 9 heteroatoms. The Hall–Kier alpha value is -3.75. The Morgan fingerprint density at radius 1 is 1.08 bits per heavy atom. The number of aromatic hydroxyl groups is 2. The van der Waals surface area contributed by atoms with Gasteiger partial charge in [0.15, 0.2) is 11.6 Å². The van der Waals surface area contributed by atoms with Crippen LogP contribution in [0, 0.1) is 5.82 Å². The minimum atomic E-state index is -1.26. The number of halogens is 2. The monoisotopic (exact) mass is 525 g/mol. The van der Waals surface area contributed by atoms with E-state index in [1.165, 1.54) is 31.4 Å². The van der Waals surface area contributed by atoms with Crippen LogP contribution in [0.5, 0.6) is 17.2 Å². The van der Waals surface area contributed by atoms with Gasteiger partial charge in [-0.1, -0.05) is 24.1 Å². The Bertz CT molecular complexity index is 1540. The summed E-state index contributed by atoms with van der Waals surface area (Å²) < 4.78 is 27.2. The second-order valence-electron chi connectivity index (χ2n) is 9.30. The van der Waals surface area contributed by atoms with Crippen molar-refractivity contribution in [1.29, 1.82) is 0 Å². The zero-order valence-electron chi connectivity index (χ0n) is 20.2. The van der Waals surface area contributed by atoms with E-state index in [2.05, 4.69) is 0 Å². The van der Waals surface area contributed by atoms with E-state index in [1.54, 1.807) is 31.4 Å². The minimum absolute atomic E-state index is 0.0518. The molecule has 0 unspecified atom stereocenters. The standard InChI is InChI=1S/C28H25ClFNO6/c1-36-14-28(8-3-9-28)26-24(15-4-6-18(27(34)35)21(32)10-15)25-20(11-16(29)12-22(25)33)31(26)17-5-7-19(30)23(13-17)37-2/h4-7,10-13,32-33H,3,8-9,14H2,1-2H3,(H,34,35). The van der Waals surface area contributed by atoms with Crippen molar-refractivity contribution in [2.75, 3.05) is 20.8 Å². The van der Waals surface area contributed by atoms with Crippen molar-refractivity contribution in [1.82, 2.24) is 4.57 Å². The summed E-state index contributed by atoms with van der Waals surface area (Å²) in [6, 6.07) is 12.0. The third kappa shape index (κ3) is 3.97. The molecule has 0 aliphatic heterocycles. The van der Waals surface area contributed by atoms with Crippen molar-refractivity contribution in [3.8, 4) is 34.1 Å². The summed E-state index contributed by atoms with van der Waals surface area (Å²) >= 11 is 6.39. The predicted octanol–water partition coefficient (Wildman–Crippen LogP) is 6.28. The molecule has 3 N–H and O–H groups in total. The van der Waals surface area contributed by atoms with Gasteiger partial charge in [-0.2, -0.15) is 0 Å². The smallest absolute Gasteiger partial charge is 0.339 e. The molecule has 1 aromatic heterocycles. The van der Waals surface area contributed by atoms with Gasteiger partial charge in [-0.05, 0) is 54.8 Å². The molecule has 1 aliphatic carbocycles. The molecule has 7 nitrogen and oxygen atoms in total. The fourth-order valence-corrected chi connectivity index (χ4v) is 5.60. The topological polar surface area (TPSA) is 101 Å². The Kier molecular flexibility index (Phi) is 6.25. The molecule has 4 aromatic rings. The van der Waals surface area contributed by atoms with Crippen LogP contribution in [0.2, 0.25) is 5.02 Å². The third-order valence-electron chi connectivity index (χ3n) is 7.16. The van der Waals surface area contributed by atoms with Crippen LogP contribution in [-0.4, -0.2) is 46.7 Å². The molecule has 37 heavy (non-hydrogen) atoms. The van der Waals surface area contributed by atoms with Crippen LogP contribution in [0.1, 0.15) is 35.3 Å². The van der Waals surface area contributed by atoms with E-state index in [4.69, 9.17) is 21.1 Å². The number of carboxylic acid groups (broad SMARTS) is 1. The maximum atomic E-state index is 14.4. The summed E-state index contributed by atoms with van der Waals surface area (Å²) in [5.41, 5.74) is 2.34. The molecular formula is C28H25ClFNO6. The SMILES string of the molecule is COCC1(c2c(-c3ccc(C(=O)O)c(O)c3)c3c(O)cc(Cl)cc3n2-c2ccc(F)c(OC)c2)CCC1. The van der Waals surface area contributed by atoms with Crippen molar-refractivity contribution in [3.63, 3.8) is 0 Å². The van der Waals surface area contributed by atoms with E-state index in [1.807, 2.05) is 4.57 Å². The second-order valence-corrected chi connectivity index (χ2v) is 9.74. The summed E-state index contributed by atoms with van der Waals surface area (Å²) in [5.74, 6) is -2.20. The number of methoxy groups -OCH3 is 2. The van der Waals surface area contributed by atoms with Crippen LogP contribution in [0.15, 0.2) is 48.5 Å². The number of ether oxygens (including phenoxy) is 2. The van der Waals surface area contributed by atoms with Gasteiger partial charge in [0.25, 0.3) is 0 Å². The van der Waals surface area contributed by atoms with Crippen molar-refractivity contribution in [3.05, 3.63) is 70.6 Å². The highest BCUT2D eigenvalue weighted by Crippen LogP contribution is 2.53. The van der Waals surface area contributed by atoms with Gasteiger partial charge in [-0.25, -0.2) is 9.18 Å². The van der Waals surface area contributed by atoms with Crippen LogP contribution in [-0.2, 0) is 10.2 Å². The molecule has 3 aromatic carbocycles. The lowest BCUT2D eigenvalue weighted by atomic mass is 9.65. The average molecular weight is 526 g/mol. The lowest BCUT2D eigenvalue weighted by Gasteiger charge is -2.43. The van der Waals surface area contributed by atoms with Crippen molar-refractivity contribution >= 4 is 28.5 Å². The minimum Gasteiger partial charge on any atom is -0.507 e. The van der Waals surface area contributed by atoms with Gasteiger partial charge in [0.1, 0.15) is 17.1 Å². The van der Waals surface area contributed by atoms with E-state index in [0.717, 1.165) is 25.0 Å². The highest BCUT2D eigenvalue weighted by molar-refractivity contribution is 6.31. The Morgan fingerprint density at radius 2 is 1.84 bits per heavy atom. The van der Waals surface area contributed by atoms with E-state index in [0.29, 0.717) is 39.3 Å². The lowest BCUT2D eigenvalue weighted by Crippen LogP contribution is -2.41. The molecule has 0 atom stereocenters. The number of phenols is 2. The van der Waals surface area contributed by atoms with Gasteiger partial charge in [-0.3, -0.25) is 0 Å². The Morgan fingerprint density at radius 3 is 2.43 bits per heavy atom. The van der Waals surface area contributed by atoms with Crippen molar-refractivity contribution in [2.24, 2.45) is 0 Å². The summed E-state index contributed by atoms with van der Waals surface area (Å²) in [7, 11) is 3.01.